The first kappa shape index (κ1) is 22.5. The Morgan fingerprint density at radius 1 is 1.09 bits per heavy atom. The van der Waals surface area contributed by atoms with E-state index in [1.807, 2.05) is 55.5 Å². The number of rotatable bonds is 8. The number of nitrogens with one attached hydrogen (secondary N) is 2. The summed E-state index contributed by atoms with van der Waals surface area (Å²) in [5, 5.41) is 6.17. The highest BCUT2D eigenvalue weighted by atomic mass is 16.5. The first-order chi connectivity index (χ1) is 16.2. The second-order valence-corrected chi connectivity index (χ2v) is 7.75. The summed E-state index contributed by atoms with van der Waals surface area (Å²) >= 11 is 0. The van der Waals surface area contributed by atoms with Crippen LogP contribution in [0.2, 0.25) is 0 Å². The fraction of sp³-hybridized carbons (Fsp3) is 0.320. The lowest BCUT2D eigenvalue weighted by Crippen LogP contribution is -2.36. The topological polar surface area (TPSA) is 88.6 Å². The number of amides is 1. The van der Waals surface area contributed by atoms with Gasteiger partial charge in [-0.25, -0.2) is 9.97 Å². The Kier molecular flexibility index (Phi) is 7.36. The summed E-state index contributed by atoms with van der Waals surface area (Å²) in [6, 6.07) is 15.5. The molecule has 0 spiro atoms. The van der Waals surface area contributed by atoms with Crippen molar-refractivity contribution in [2.24, 2.45) is 0 Å². The quantitative estimate of drug-likeness (QED) is 0.527. The first-order valence-electron chi connectivity index (χ1n) is 11.2. The van der Waals surface area contributed by atoms with E-state index in [-0.39, 0.29) is 5.91 Å². The SMILES string of the molecule is CCCC(=O)Nc1ccc(-c2ccnc(Nc3ccc(N4CCOCC4)c(OC)c3)n2)cc1. The van der Waals surface area contributed by atoms with Crippen molar-refractivity contribution in [1.82, 2.24) is 9.97 Å². The van der Waals surface area contributed by atoms with Gasteiger partial charge in [0.2, 0.25) is 11.9 Å². The molecule has 0 unspecified atom stereocenters. The highest BCUT2D eigenvalue weighted by Crippen LogP contribution is 2.32. The van der Waals surface area contributed by atoms with Crippen LogP contribution >= 0.6 is 0 Å². The predicted octanol–water partition coefficient (Wildman–Crippen LogP) is 4.47. The summed E-state index contributed by atoms with van der Waals surface area (Å²) < 4.78 is 11.1. The van der Waals surface area contributed by atoms with E-state index >= 15 is 0 Å². The molecule has 172 valence electrons. The number of hydrogen-bond donors (Lipinski definition) is 2. The third-order valence-corrected chi connectivity index (χ3v) is 5.38. The van der Waals surface area contributed by atoms with E-state index in [1.165, 1.54) is 0 Å². The monoisotopic (exact) mass is 447 g/mol. The lowest BCUT2D eigenvalue weighted by Gasteiger charge is -2.30. The van der Waals surface area contributed by atoms with Gasteiger partial charge in [0.05, 0.1) is 31.7 Å². The number of ether oxygens (including phenoxy) is 2. The zero-order chi connectivity index (χ0) is 23.0. The maximum absolute atomic E-state index is 11.8. The molecule has 33 heavy (non-hydrogen) atoms. The summed E-state index contributed by atoms with van der Waals surface area (Å²) in [6.07, 6.45) is 3.06. The van der Waals surface area contributed by atoms with Crippen LogP contribution in [0.4, 0.5) is 23.0 Å². The lowest BCUT2D eigenvalue weighted by molar-refractivity contribution is -0.116. The molecule has 0 bridgehead atoms. The van der Waals surface area contributed by atoms with Gasteiger partial charge in [-0.3, -0.25) is 4.79 Å². The minimum atomic E-state index is 0.0221. The molecule has 0 atom stereocenters. The van der Waals surface area contributed by atoms with Gasteiger partial charge in [-0.2, -0.15) is 0 Å². The van der Waals surface area contributed by atoms with Gasteiger partial charge >= 0.3 is 0 Å². The number of methoxy groups -OCH3 is 1. The van der Waals surface area contributed by atoms with E-state index in [2.05, 4.69) is 25.5 Å². The second-order valence-electron chi connectivity index (χ2n) is 7.75. The minimum Gasteiger partial charge on any atom is -0.495 e. The molecule has 0 aliphatic carbocycles. The number of morpholine rings is 1. The fourth-order valence-electron chi connectivity index (χ4n) is 3.70. The van der Waals surface area contributed by atoms with Gasteiger partial charge in [0.1, 0.15) is 5.75 Å². The normalized spacial score (nSPS) is 13.5. The lowest BCUT2D eigenvalue weighted by atomic mass is 10.1. The van der Waals surface area contributed by atoms with Gasteiger partial charge in [-0.1, -0.05) is 19.1 Å². The van der Waals surface area contributed by atoms with Gasteiger partial charge in [0, 0.05) is 48.7 Å². The van der Waals surface area contributed by atoms with Crippen molar-refractivity contribution in [3.05, 3.63) is 54.7 Å². The molecule has 1 aromatic heterocycles. The number of hydrogen-bond acceptors (Lipinski definition) is 7. The third-order valence-electron chi connectivity index (χ3n) is 5.38. The molecule has 2 N–H and O–H groups in total. The molecule has 8 heteroatoms. The first-order valence-corrected chi connectivity index (χ1v) is 11.2. The molecule has 1 aliphatic heterocycles. The van der Waals surface area contributed by atoms with E-state index in [4.69, 9.17) is 9.47 Å². The van der Waals surface area contributed by atoms with Crippen LogP contribution in [0, 0.1) is 0 Å². The predicted molar refractivity (Wildman–Crippen MR) is 130 cm³/mol. The van der Waals surface area contributed by atoms with Crippen molar-refractivity contribution < 1.29 is 14.3 Å². The van der Waals surface area contributed by atoms with E-state index in [9.17, 15) is 4.79 Å². The summed E-state index contributed by atoms with van der Waals surface area (Å²) in [5.41, 5.74) is 4.39. The smallest absolute Gasteiger partial charge is 0.227 e. The number of nitrogens with zero attached hydrogens (tertiary/aromatic N) is 3. The van der Waals surface area contributed by atoms with Crippen molar-refractivity contribution >= 4 is 28.9 Å². The molecule has 1 fully saturated rings. The van der Waals surface area contributed by atoms with Crippen molar-refractivity contribution in [2.75, 3.05) is 48.9 Å². The van der Waals surface area contributed by atoms with Crippen LogP contribution < -0.4 is 20.3 Å². The van der Waals surface area contributed by atoms with Crippen molar-refractivity contribution in [1.29, 1.82) is 0 Å². The molecule has 1 amide bonds. The van der Waals surface area contributed by atoms with Gasteiger partial charge in [-0.05, 0) is 36.8 Å². The van der Waals surface area contributed by atoms with E-state index in [0.29, 0.717) is 12.4 Å². The number of benzene rings is 2. The van der Waals surface area contributed by atoms with Crippen molar-refractivity contribution in [3.8, 4) is 17.0 Å². The van der Waals surface area contributed by atoms with Crippen LogP contribution in [0.25, 0.3) is 11.3 Å². The maximum atomic E-state index is 11.8. The Morgan fingerprint density at radius 3 is 2.58 bits per heavy atom. The molecule has 4 rings (SSSR count). The summed E-state index contributed by atoms with van der Waals surface area (Å²) in [4.78, 5) is 23.1. The summed E-state index contributed by atoms with van der Waals surface area (Å²) in [7, 11) is 1.68. The Hall–Kier alpha value is -3.65. The molecule has 1 aliphatic rings. The van der Waals surface area contributed by atoms with Crippen LogP contribution in [0.3, 0.4) is 0 Å². The number of carbonyl (C=O) groups excluding carboxylic acids is 1. The standard InChI is InChI=1S/C25H29N5O3/c1-3-4-24(31)27-19-7-5-18(6-8-19)21-11-12-26-25(29-21)28-20-9-10-22(23(17-20)32-2)30-13-15-33-16-14-30/h5-12,17H,3-4,13-16H2,1-2H3,(H,27,31)(H,26,28,29). The second kappa shape index (κ2) is 10.8. The Labute approximate surface area is 194 Å². The zero-order valence-corrected chi connectivity index (χ0v) is 19.0. The number of aromatic nitrogens is 2. The van der Waals surface area contributed by atoms with Crippen molar-refractivity contribution in [3.63, 3.8) is 0 Å². The largest absolute Gasteiger partial charge is 0.495 e. The highest BCUT2D eigenvalue weighted by Gasteiger charge is 2.16. The Balaban J connectivity index is 1.47. The molecular weight excluding hydrogens is 418 g/mol. The zero-order valence-electron chi connectivity index (χ0n) is 19.0. The van der Waals surface area contributed by atoms with Crippen molar-refractivity contribution in [2.45, 2.75) is 19.8 Å². The molecular formula is C25H29N5O3. The Morgan fingerprint density at radius 2 is 1.85 bits per heavy atom. The van der Waals surface area contributed by atoms with Crippen LogP contribution in [0.5, 0.6) is 5.75 Å². The summed E-state index contributed by atoms with van der Waals surface area (Å²) in [5.74, 6) is 1.31. The molecule has 0 saturated carbocycles. The fourth-order valence-corrected chi connectivity index (χ4v) is 3.70. The third kappa shape index (κ3) is 5.78. The maximum Gasteiger partial charge on any atom is 0.227 e. The molecule has 3 aromatic rings. The van der Waals surface area contributed by atoms with Crippen LogP contribution in [-0.4, -0.2) is 49.3 Å². The van der Waals surface area contributed by atoms with Crippen LogP contribution in [0.15, 0.2) is 54.7 Å². The molecule has 8 nitrogen and oxygen atoms in total. The Bertz CT molecular complexity index is 1080. The van der Waals surface area contributed by atoms with Crippen LogP contribution in [-0.2, 0) is 9.53 Å². The van der Waals surface area contributed by atoms with Gasteiger partial charge in [0.15, 0.2) is 0 Å². The van der Waals surface area contributed by atoms with Crippen LogP contribution in [0.1, 0.15) is 19.8 Å². The molecule has 1 saturated heterocycles. The number of carbonyl (C=O) groups is 1. The van der Waals surface area contributed by atoms with E-state index in [0.717, 1.165) is 66.8 Å². The molecule has 0 radical (unpaired) electrons. The molecule has 2 aromatic carbocycles. The molecule has 2 heterocycles. The van der Waals surface area contributed by atoms with Gasteiger partial charge in [-0.15, -0.1) is 0 Å². The van der Waals surface area contributed by atoms with Gasteiger partial charge < -0.3 is 25.0 Å². The number of anilines is 4. The highest BCUT2D eigenvalue weighted by molar-refractivity contribution is 5.90. The average molecular weight is 448 g/mol. The average Bonchev–Trinajstić information content (AvgIpc) is 2.85. The van der Waals surface area contributed by atoms with E-state index in [1.54, 1.807) is 13.3 Å². The summed E-state index contributed by atoms with van der Waals surface area (Å²) in [6.45, 7) is 5.11. The van der Waals surface area contributed by atoms with E-state index < -0.39 is 0 Å². The van der Waals surface area contributed by atoms with Gasteiger partial charge in [0.25, 0.3) is 0 Å². The minimum absolute atomic E-state index is 0.0221.